The molecular formula is C27H30N2O2S. The molecule has 3 rings (SSSR count). The SMILES string of the molecule is C[C@H](COc1ccccc1)NC(=S)Nc1cccc(C(=O)c2ccc(C(C)(C)C)cc2)c1. The van der Waals surface area contributed by atoms with Gasteiger partial charge in [-0.25, -0.2) is 0 Å². The van der Waals surface area contributed by atoms with Gasteiger partial charge in [-0.1, -0.05) is 75.4 Å². The van der Waals surface area contributed by atoms with Crippen molar-refractivity contribution < 1.29 is 9.53 Å². The van der Waals surface area contributed by atoms with Crippen LogP contribution in [0.25, 0.3) is 0 Å². The second-order valence-corrected chi connectivity index (χ2v) is 9.27. The van der Waals surface area contributed by atoms with Crippen molar-refractivity contribution in [2.75, 3.05) is 11.9 Å². The molecule has 0 radical (unpaired) electrons. The van der Waals surface area contributed by atoms with Gasteiger partial charge in [0.25, 0.3) is 0 Å². The molecule has 0 saturated carbocycles. The molecule has 3 aromatic rings. The normalized spacial score (nSPS) is 12.0. The average molecular weight is 447 g/mol. The van der Waals surface area contributed by atoms with Crippen LogP contribution in [0.2, 0.25) is 0 Å². The third-order valence-electron chi connectivity index (χ3n) is 5.02. The number of benzene rings is 3. The number of ketones is 1. The van der Waals surface area contributed by atoms with E-state index in [0.29, 0.717) is 22.8 Å². The zero-order valence-corrected chi connectivity index (χ0v) is 19.8. The van der Waals surface area contributed by atoms with Gasteiger partial charge < -0.3 is 15.4 Å². The Bertz CT molecular complexity index is 1060. The number of hydrogen-bond acceptors (Lipinski definition) is 3. The van der Waals surface area contributed by atoms with E-state index in [1.54, 1.807) is 0 Å². The lowest BCUT2D eigenvalue weighted by atomic mass is 9.86. The monoisotopic (exact) mass is 446 g/mol. The summed E-state index contributed by atoms with van der Waals surface area (Å²) in [4.78, 5) is 13.0. The summed E-state index contributed by atoms with van der Waals surface area (Å²) in [7, 11) is 0. The average Bonchev–Trinajstić information content (AvgIpc) is 2.77. The van der Waals surface area contributed by atoms with Crippen LogP contribution in [0.1, 0.15) is 49.2 Å². The molecule has 0 aliphatic rings. The molecule has 4 nitrogen and oxygen atoms in total. The molecule has 0 bridgehead atoms. The van der Waals surface area contributed by atoms with Gasteiger partial charge in [0.2, 0.25) is 0 Å². The highest BCUT2D eigenvalue weighted by atomic mass is 32.1. The summed E-state index contributed by atoms with van der Waals surface area (Å²) in [6.07, 6.45) is 0. The predicted octanol–water partition coefficient (Wildman–Crippen LogP) is 5.97. The van der Waals surface area contributed by atoms with Gasteiger partial charge in [-0.3, -0.25) is 4.79 Å². The van der Waals surface area contributed by atoms with E-state index in [4.69, 9.17) is 17.0 Å². The van der Waals surface area contributed by atoms with Crippen LogP contribution in [0, 0.1) is 0 Å². The first-order valence-corrected chi connectivity index (χ1v) is 11.1. The number of hydrogen-bond donors (Lipinski definition) is 2. The van der Waals surface area contributed by atoms with Crippen molar-refractivity contribution in [1.29, 1.82) is 0 Å². The predicted molar refractivity (Wildman–Crippen MR) is 136 cm³/mol. The maximum atomic E-state index is 13.0. The van der Waals surface area contributed by atoms with Crippen molar-refractivity contribution in [1.82, 2.24) is 5.32 Å². The van der Waals surface area contributed by atoms with Crippen molar-refractivity contribution in [2.24, 2.45) is 0 Å². The molecule has 0 aliphatic heterocycles. The Morgan fingerprint density at radius 1 is 0.938 bits per heavy atom. The second-order valence-electron chi connectivity index (χ2n) is 8.86. The standard InChI is InChI=1S/C27H30N2O2S/c1-19(18-31-24-11-6-5-7-12-24)28-26(32)29-23-10-8-9-21(17-23)25(30)20-13-15-22(16-14-20)27(2,3)4/h5-17,19H,18H2,1-4H3,(H2,28,29,32)/t19-/m1/s1. The van der Waals surface area contributed by atoms with E-state index in [2.05, 4.69) is 31.4 Å². The molecule has 3 aromatic carbocycles. The van der Waals surface area contributed by atoms with Gasteiger partial charge in [-0.2, -0.15) is 0 Å². The second kappa shape index (κ2) is 10.4. The Morgan fingerprint density at radius 2 is 1.62 bits per heavy atom. The Labute approximate surface area is 196 Å². The fraction of sp³-hybridized carbons (Fsp3) is 0.259. The number of nitrogens with one attached hydrogen (secondary N) is 2. The van der Waals surface area contributed by atoms with Crippen LogP contribution >= 0.6 is 12.2 Å². The molecule has 5 heteroatoms. The highest BCUT2D eigenvalue weighted by Gasteiger charge is 2.15. The molecule has 0 saturated heterocycles. The third-order valence-corrected chi connectivity index (χ3v) is 5.24. The van der Waals surface area contributed by atoms with Gasteiger partial charge in [0, 0.05) is 16.8 Å². The molecule has 0 amide bonds. The van der Waals surface area contributed by atoms with E-state index in [1.165, 1.54) is 5.56 Å². The Kier molecular flexibility index (Phi) is 7.65. The minimum Gasteiger partial charge on any atom is -0.491 e. The lowest BCUT2D eigenvalue weighted by molar-refractivity contribution is 0.103. The Morgan fingerprint density at radius 3 is 2.28 bits per heavy atom. The molecule has 2 N–H and O–H groups in total. The number of carbonyl (C=O) groups excluding carboxylic acids is 1. The smallest absolute Gasteiger partial charge is 0.193 e. The topological polar surface area (TPSA) is 50.4 Å². The summed E-state index contributed by atoms with van der Waals surface area (Å²) in [5.74, 6) is 0.805. The Hall–Kier alpha value is -3.18. The van der Waals surface area contributed by atoms with E-state index >= 15 is 0 Å². The van der Waals surface area contributed by atoms with E-state index in [1.807, 2.05) is 85.8 Å². The van der Waals surface area contributed by atoms with E-state index in [9.17, 15) is 4.79 Å². The first-order valence-electron chi connectivity index (χ1n) is 10.7. The summed E-state index contributed by atoms with van der Waals surface area (Å²) >= 11 is 5.43. The van der Waals surface area contributed by atoms with Crippen LogP contribution in [0.5, 0.6) is 5.75 Å². The summed E-state index contributed by atoms with van der Waals surface area (Å²) in [6, 6.07) is 24.9. The molecule has 0 heterocycles. The molecule has 1 atom stereocenters. The minimum atomic E-state index is -0.0161. The van der Waals surface area contributed by atoms with Gasteiger partial charge in [-0.05, 0) is 54.4 Å². The van der Waals surface area contributed by atoms with E-state index < -0.39 is 0 Å². The zero-order valence-electron chi connectivity index (χ0n) is 19.0. The summed E-state index contributed by atoms with van der Waals surface area (Å²) < 4.78 is 5.75. The maximum Gasteiger partial charge on any atom is 0.193 e. The summed E-state index contributed by atoms with van der Waals surface area (Å²) in [6.45, 7) is 8.95. The molecule has 0 spiro atoms. The highest BCUT2D eigenvalue weighted by Crippen LogP contribution is 2.23. The molecule has 166 valence electrons. The molecule has 0 fully saturated rings. The van der Waals surface area contributed by atoms with Gasteiger partial charge in [0.05, 0.1) is 6.04 Å². The van der Waals surface area contributed by atoms with Crippen molar-refractivity contribution >= 4 is 28.8 Å². The zero-order chi connectivity index (χ0) is 23.1. The van der Waals surface area contributed by atoms with E-state index in [0.717, 1.165) is 11.4 Å². The number of para-hydroxylation sites is 1. The van der Waals surface area contributed by atoms with Crippen LogP contribution in [0.3, 0.4) is 0 Å². The van der Waals surface area contributed by atoms with Crippen molar-refractivity contribution in [2.45, 2.75) is 39.2 Å². The van der Waals surface area contributed by atoms with Gasteiger partial charge in [-0.15, -0.1) is 0 Å². The van der Waals surface area contributed by atoms with Crippen molar-refractivity contribution in [3.63, 3.8) is 0 Å². The number of rotatable bonds is 7. The molecular weight excluding hydrogens is 416 g/mol. The molecule has 0 aromatic heterocycles. The first-order chi connectivity index (χ1) is 15.2. The van der Waals surface area contributed by atoms with Crippen LogP contribution in [0.15, 0.2) is 78.9 Å². The minimum absolute atomic E-state index is 0.0151. The number of anilines is 1. The third kappa shape index (κ3) is 6.66. The van der Waals surface area contributed by atoms with Gasteiger partial charge >= 0.3 is 0 Å². The largest absolute Gasteiger partial charge is 0.491 e. The fourth-order valence-electron chi connectivity index (χ4n) is 3.20. The van der Waals surface area contributed by atoms with Crippen LogP contribution in [0.4, 0.5) is 5.69 Å². The van der Waals surface area contributed by atoms with E-state index in [-0.39, 0.29) is 17.2 Å². The summed E-state index contributed by atoms with van der Waals surface area (Å²) in [5, 5.41) is 6.85. The van der Waals surface area contributed by atoms with Crippen molar-refractivity contribution in [3.8, 4) is 5.75 Å². The van der Waals surface area contributed by atoms with Gasteiger partial charge in [0.15, 0.2) is 10.9 Å². The van der Waals surface area contributed by atoms with Crippen LogP contribution < -0.4 is 15.4 Å². The summed E-state index contributed by atoms with van der Waals surface area (Å²) in [5.41, 5.74) is 3.29. The first kappa shape index (κ1) is 23.5. The lowest BCUT2D eigenvalue weighted by Crippen LogP contribution is -2.39. The van der Waals surface area contributed by atoms with Crippen molar-refractivity contribution in [3.05, 3.63) is 95.6 Å². The quantitative estimate of drug-likeness (QED) is 0.346. The van der Waals surface area contributed by atoms with Gasteiger partial charge in [0.1, 0.15) is 12.4 Å². The maximum absolute atomic E-state index is 13.0. The number of thiocarbonyl (C=S) groups is 1. The van der Waals surface area contributed by atoms with Crippen LogP contribution in [-0.2, 0) is 5.41 Å². The van der Waals surface area contributed by atoms with Crippen LogP contribution in [-0.4, -0.2) is 23.5 Å². The Balaban J connectivity index is 1.58. The molecule has 0 aliphatic carbocycles. The fourth-order valence-corrected chi connectivity index (χ4v) is 3.52. The lowest BCUT2D eigenvalue weighted by Gasteiger charge is -2.19. The molecule has 0 unspecified atom stereocenters. The number of ether oxygens (including phenoxy) is 1. The highest BCUT2D eigenvalue weighted by molar-refractivity contribution is 7.80. The molecule has 32 heavy (non-hydrogen) atoms. The number of carbonyl (C=O) groups is 1.